The molecule has 3 heterocycles. The molecule has 0 fully saturated rings. The van der Waals surface area contributed by atoms with Gasteiger partial charge in [0.15, 0.2) is 0 Å². The zero-order chi connectivity index (χ0) is 20.8. The van der Waals surface area contributed by atoms with Crippen molar-refractivity contribution in [2.75, 3.05) is 5.32 Å². The maximum atomic E-state index is 12.8. The SMILES string of the molecule is Cc1nn(C)c2sc(C(=O)Nc3ccnn3Cc3ccc(C(C)(C)C)cc3)cc12. The predicted molar refractivity (Wildman–Crippen MR) is 118 cm³/mol. The number of aromatic nitrogens is 4. The van der Waals surface area contributed by atoms with E-state index in [0.29, 0.717) is 17.2 Å². The van der Waals surface area contributed by atoms with Gasteiger partial charge in [-0.2, -0.15) is 10.2 Å². The first-order chi connectivity index (χ1) is 13.7. The molecule has 4 aromatic rings. The maximum Gasteiger partial charge on any atom is 0.266 e. The number of carbonyl (C=O) groups is 1. The van der Waals surface area contributed by atoms with Crippen LogP contribution in [0.25, 0.3) is 10.2 Å². The highest BCUT2D eigenvalue weighted by molar-refractivity contribution is 7.20. The zero-order valence-electron chi connectivity index (χ0n) is 17.4. The van der Waals surface area contributed by atoms with Crippen molar-refractivity contribution in [2.45, 2.75) is 39.7 Å². The minimum absolute atomic E-state index is 0.126. The lowest BCUT2D eigenvalue weighted by Gasteiger charge is -2.19. The number of benzene rings is 1. The van der Waals surface area contributed by atoms with Gasteiger partial charge in [0.05, 0.1) is 23.3 Å². The molecular formula is C22H25N5OS. The number of aryl methyl sites for hydroxylation is 2. The van der Waals surface area contributed by atoms with E-state index in [0.717, 1.165) is 21.5 Å². The third kappa shape index (κ3) is 3.82. The number of rotatable bonds is 4. The average molecular weight is 408 g/mol. The molecule has 0 aliphatic rings. The number of anilines is 1. The van der Waals surface area contributed by atoms with E-state index in [2.05, 4.69) is 60.6 Å². The summed E-state index contributed by atoms with van der Waals surface area (Å²) < 4.78 is 3.63. The molecule has 0 bridgehead atoms. The van der Waals surface area contributed by atoms with Crippen molar-refractivity contribution in [1.82, 2.24) is 19.6 Å². The van der Waals surface area contributed by atoms with Gasteiger partial charge < -0.3 is 5.32 Å². The van der Waals surface area contributed by atoms with E-state index in [-0.39, 0.29) is 11.3 Å². The molecule has 1 aromatic carbocycles. The largest absolute Gasteiger partial charge is 0.306 e. The maximum absolute atomic E-state index is 12.8. The Kier molecular flexibility index (Phi) is 4.78. The van der Waals surface area contributed by atoms with Crippen molar-refractivity contribution in [3.05, 3.63) is 64.3 Å². The van der Waals surface area contributed by atoms with E-state index in [4.69, 9.17) is 0 Å². The van der Waals surface area contributed by atoms with Gasteiger partial charge in [0, 0.05) is 18.5 Å². The monoisotopic (exact) mass is 407 g/mol. The Morgan fingerprint density at radius 2 is 1.90 bits per heavy atom. The van der Waals surface area contributed by atoms with Gasteiger partial charge in [-0.05, 0) is 29.5 Å². The highest BCUT2D eigenvalue weighted by Gasteiger charge is 2.17. The Hall–Kier alpha value is -2.93. The van der Waals surface area contributed by atoms with Crippen LogP contribution in [-0.2, 0) is 19.0 Å². The Morgan fingerprint density at radius 3 is 2.55 bits per heavy atom. The quantitative estimate of drug-likeness (QED) is 0.531. The third-order valence-electron chi connectivity index (χ3n) is 5.03. The zero-order valence-corrected chi connectivity index (χ0v) is 18.2. The van der Waals surface area contributed by atoms with E-state index >= 15 is 0 Å². The van der Waals surface area contributed by atoms with Crippen LogP contribution in [0.4, 0.5) is 5.82 Å². The van der Waals surface area contributed by atoms with Crippen molar-refractivity contribution in [1.29, 1.82) is 0 Å². The van der Waals surface area contributed by atoms with Gasteiger partial charge >= 0.3 is 0 Å². The van der Waals surface area contributed by atoms with Crippen LogP contribution >= 0.6 is 11.3 Å². The number of nitrogens with one attached hydrogen (secondary N) is 1. The second-order valence-electron chi connectivity index (χ2n) is 8.31. The summed E-state index contributed by atoms with van der Waals surface area (Å²) in [6.07, 6.45) is 1.71. The number of hydrogen-bond donors (Lipinski definition) is 1. The fourth-order valence-corrected chi connectivity index (χ4v) is 4.36. The van der Waals surface area contributed by atoms with Crippen LogP contribution < -0.4 is 5.32 Å². The summed E-state index contributed by atoms with van der Waals surface area (Å²) in [7, 11) is 1.90. The van der Waals surface area contributed by atoms with Crippen molar-refractivity contribution in [2.24, 2.45) is 7.05 Å². The number of fused-ring (bicyclic) bond motifs is 1. The first-order valence-corrected chi connectivity index (χ1v) is 10.4. The van der Waals surface area contributed by atoms with Crippen molar-refractivity contribution < 1.29 is 4.79 Å². The Balaban J connectivity index is 1.51. The number of amides is 1. The van der Waals surface area contributed by atoms with Crippen molar-refractivity contribution >= 4 is 33.3 Å². The number of thiophene rings is 1. The highest BCUT2D eigenvalue weighted by atomic mass is 32.1. The molecule has 29 heavy (non-hydrogen) atoms. The highest BCUT2D eigenvalue weighted by Crippen LogP contribution is 2.28. The molecule has 6 nitrogen and oxygen atoms in total. The fraction of sp³-hybridized carbons (Fsp3) is 0.318. The Morgan fingerprint density at radius 1 is 1.17 bits per heavy atom. The lowest BCUT2D eigenvalue weighted by atomic mass is 9.87. The topological polar surface area (TPSA) is 64.7 Å². The summed E-state index contributed by atoms with van der Waals surface area (Å²) in [5.41, 5.74) is 3.49. The molecule has 0 aliphatic carbocycles. The minimum Gasteiger partial charge on any atom is -0.306 e. The normalized spacial score (nSPS) is 11.9. The molecule has 4 rings (SSSR count). The molecule has 1 N–H and O–H groups in total. The summed E-state index contributed by atoms with van der Waals surface area (Å²) in [6, 6.07) is 12.3. The standard InChI is InChI=1S/C22H25N5OS/c1-14-17-12-18(29-21(17)26(5)25-14)20(28)24-19-10-11-23-27(19)13-15-6-8-16(9-7-15)22(2,3)4/h6-12H,13H2,1-5H3,(H,24,28). The van der Waals surface area contributed by atoms with E-state index in [9.17, 15) is 4.79 Å². The van der Waals surface area contributed by atoms with Crippen LogP contribution in [0.5, 0.6) is 0 Å². The van der Waals surface area contributed by atoms with E-state index in [1.54, 1.807) is 6.20 Å². The van der Waals surface area contributed by atoms with Gasteiger partial charge in [-0.1, -0.05) is 45.0 Å². The lowest BCUT2D eigenvalue weighted by Crippen LogP contribution is -2.15. The van der Waals surface area contributed by atoms with Crippen LogP contribution in [0.2, 0.25) is 0 Å². The molecule has 7 heteroatoms. The third-order valence-corrected chi connectivity index (χ3v) is 6.23. The molecule has 1 amide bonds. The first-order valence-electron chi connectivity index (χ1n) is 9.58. The van der Waals surface area contributed by atoms with Gasteiger partial charge in [-0.25, -0.2) is 4.68 Å². The van der Waals surface area contributed by atoms with Gasteiger partial charge in [0.1, 0.15) is 10.6 Å². The molecule has 0 aliphatic heterocycles. The Labute approximate surface area is 174 Å². The lowest BCUT2D eigenvalue weighted by molar-refractivity contribution is 0.102. The van der Waals surface area contributed by atoms with Gasteiger partial charge in [-0.15, -0.1) is 11.3 Å². The molecule has 0 saturated carbocycles. The van der Waals surface area contributed by atoms with Gasteiger partial charge in [-0.3, -0.25) is 9.48 Å². The molecule has 0 unspecified atom stereocenters. The predicted octanol–water partition coefficient (Wildman–Crippen LogP) is 4.74. The molecular weight excluding hydrogens is 382 g/mol. The van der Waals surface area contributed by atoms with Gasteiger partial charge in [0.25, 0.3) is 5.91 Å². The first kappa shape index (κ1) is 19.4. The molecule has 150 valence electrons. The van der Waals surface area contributed by atoms with Gasteiger partial charge in [0.2, 0.25) is 0 Å². The molecule has 0 atom stereocenters. The molecule has 3 aromatic heterocycles. The number of carbonyl (C=O) groups excluding carboxylic acids is 1. The summed E-state index contributed by atoms with van der Waals surface area (Å²) >= 11 is 1.45. The van der Waals surface area contributed by atoms with Crippen molar-refractivity contribution in [3.8, 4) is 0 Å². The Bertz CT molecular complexity index is 1140. The minimum atomic E-state index is -0.129. The molecule has 0 saturated heterocycles. The molecule has 0 spiro atoms. The summed E-state index contributed by atoms with van der Waals surface area (Å²) in [6.45, 7) is 9.16. The van der Waals surface area contributed by atoms with Crippen LogP contribution in [-0.4, -0.2) is 25.5 Å². The van der Waals surface area contributed by atoms with E-state index < -0.39 is 0 Å². The second-order valence-corrected chi connectivity index (χ2v) is 9.34. The average Bonchev–Trinajstić information content (AvgIpc) is 3.34. The van der Waals surface area contributed by atoms with Crippen LogP contribution in [0.3, 0.4) is 0 Å². The smallest absolute Gasteiger partial charge is 0.266 e. The van der Waals surface area contributed by atoms with Crippen molar-refractivity contribution in [3.63, 3.8) is 0 Å². The molecule has 0 radical (unpaired) electrons. The summed E-state index contributed by atoms with van der Waals surface area (Å²) in [4.78, 5) is 14.5. The summed E-state index contributed by atoms with van der Waals surface area (Å²) in [5, 5.41) is 12.8. The van der Waals surface area contributed by atoms with Crippen LogP contribution in [0, 0.1) is 6.92 Å². The number of nitrogens with zero attached hydrogens (tertiary/aromatic N) is 4. The van der Waals surface area contributed by atoms with Crippen LogP contribution in [0.1, 0.15) is 47.3 Å². The summed E-state index contributed by atoms with van der Waals surface area (Å²) in [5.74, 6) is 0.553. The van der Waals surface area contributed by atoms with Crippen LogP contribution in [0.15, 0.2) is 42.6 Å². The van der Waals surface area contributed by atoms with E-state index in [1.165, 1.54) is 16.9 Å². The van der Waals surface area contributed by atoms with E-state index in [1.807, 2.05) is 35.5 Å². The number of hydrogen-bond acceptors (Lipinski definition) is 4. The second kappa shape index (κ2) is 7.15. The fourth-order valence-electron chi connectivity index (χ4n) is 3.34.